The van der Waals surface area contributed by atoms with Crippen LogP contribution in [-0.2, 0) is 11.3 Å². The second-order valence-electron chi connectivity index (χ2n) is 11.0. The molecular formula is C31H22N6O4+2. The minimum absolute atomic E-state index is 0.251. The molecule has 0 saturated heterocycles. The van der Waals surface area contributed by atoms with Crippen molar-refractivity contribution in [2.45, 2.75) is 17.2 Å². The molecule has 1 aliphatic carbocycles. The van der Waals surface area contributed by atoms with Gasteiger partial charge in [-0.1, -0.05) is 24.3 Å². The second-order valence-corrected chi connectivity index (χ2v) is 11.0. The molecule has 5 aliphatic rings. The van der Waals surface area contributed by atoms with Crippen LogP contribution >= 0.6 is 0 Å². The molecule has 10 heteroatoms. The third kappa shape index (κ3) is 2.08. The lowest BCUT2D eigenvalue weighted by Crippen LogP contribution is -2.81. The molecule has 0 saturated carbocycles. The number of hydrogen-bond donors (Lipinski definition) is 2. The Kier molecular flexibility index (Phi) is 3.51. The summed E-state index contributed by atoms with van der Waals surface area (Å²) in [5, 5.41) is 9.69. The Bertz CT molecular complexity index is 1950. The summed E-state index contributed by atoms with van der Waals surface area (Å²) in [6.45, 7) is 0. The van der Waals surface area contributed by atoms with Gasteiger partial charge in [0.2, 0.25) is 6.33 Å². The van der Waals surface area contributed by atoms with Crippen molar-refractivity contribution in [3.8, 4) is 45.6 Å². The highest BCUT2D eigenvalue weighted by Crippen LogP contribution is 2.63. The molecule has 10 rings (SSSR count). The van der Waals surface area contributed by atoms with Gasteiger partial charge in [-0.05, 0) is 47.5 Å². The molecule has 4 aliphatic heterocycles. The first kappa shape index (κ1) is 21.7. The Morgan fingerprint density at radius 1 is 0.659 bits per heavy atom. The molecule has 2 unspecified atom stereocenters. The van der Waals surface area contributed by atoms with Crippen molar-refractivity contribution in [2.24, 2.45) is 11.5 Å². The van der Waals surface area contributed by atoms with E-state index >= 15 is 0 Å². The Morgan fingerprint density at radius 3 is 1.59 bits per heavy atom. The summed E-state index contributed by atoms with van der Waals surface area (Å²) < 4.78 is 28.4. The molecule has 10 nitrogen and oxygen atoms in total. The number of hydrogen-bond acceptors (Lipinski definition) is 8. The Balaban J connectivity index is 1.43. The Morgan fingerprint density at radius 2 is 1.12 bits per heavy atom. The molecule has 0 amide bonds. The third-order valence-electron chi connectivity index (χ3n) is 9.36. The first-order chi connectivity index (χ1) is 20.0. The number of benzene rings is 4. The maximum Gasteiger partial charge on any atom is 0.485 e. The molecule has 2 atom stereocenters. The van der Waals surface area contributed by atoms with E-state index < -0.39 is 11.3 Å². The van der Waals surface area contributed by atoms with Crippen molar-refractivity contribution in [1.29, 1.82) is 0 Å². The summed E-state index contributed by atoms with van der Waals surface area (Å²) in [7, 11) is 3.27. The molecule has 0 spiro atoms. The van der Waals surface area contributed by atoms with E-state index in [1.54, 1.807) is 14.2 Å². The summed E-state index contributed by atoms with van der Waals surface area (Å²) in [6.07, 6.45) is 1.50. The normalized spacial score (nSPS) is 23.5. The smallest absolute Gasteiger partial charge is 0.485 e. The van der Waals surface area contributed by atoms with Gasteiger partial charge in [-0.3, -0.25) is 11.5 Å². The van der Waals surface area contributed by atoms with Gasteiger partial charge in [-0.2, -0.15) is 0 Å². The highest BCUT2D eigenvalue weighted by Gasteiger charge is 2.71. The van der Waals surface area contributed by atoms with Gasteiger partial charge in [0.1, 0.15) is 45.6 Å². The van der Waals surface area contributed by atoms with E-state index in [-0.39, 0.29) is 5.92 Å². The van der Waals surface area contributed by atoms with E-state index in [9.17, 15) is 0 Å². The molecule has 5 heterocycles. The van der Waals surface area contributed by atoms with Crippen LogP contribution in [0.2, 0.25) is 0 Å². The van der Waals surface area contributed by atoms with Crippen LogP contribution < -0.4 is 39.8 Å². The van der Waals surface area contributed by atoms with E-state index in [4.69, 9.17) is 40.6 Å². The summed E-state index contributed by atoms with van der Waals surface area (Å²) in [4.78, 5) is 0. The minimum atomic E-state index is -1.27. The number of rotatable bonds is 2. The van der Waals surface area contributed by atoms with Crippen LogP contribution in [0, 0.1) is 0 Å². The lowest BCUT2D eigenvalue weighted by atomic mass is 9.73. The summed E-state index contributed by atoms with van der Waals surface area (Å²) in [5.41, 5.74) is 20.1. The third-order valence-corrected chi connectivity index (χ3v) is 9.36. The van der Waals surface area contributed by atoms with Crippen molar-refractivity contribution >= 4 is 0 Å². The molecule has 41 heavy (non-hydrogen) atoms. The molecule has 1 aromatic heterocycles. The monoisotopic (exact) mass is 542 g/mol. The zero-order chi connectivity index (χ0) is 27.4. The largest absolute Gasteiger partial charge is 0.496 e. The van der Waals surface area contributed by atoms with Crippen molar-refractivity contribution < 1.29 is 28.3 Å². The Hall–Kier alpha value is -5.06. The van der Waals surface area contributed by atoms with Crippen LogP contribution in [0.1, 0.15) is 45.1 Å². The van der Waals surface area contributed by atoms with Gasteiger partial charge in [0, 0.05) is 30.7 Å². The van der Waals surface area contributed by atoms with Crippen molar-refractivity contribution in [3.63, 3.8) is 0 Å². The van der Waals surface area contributed by atoms with Crippen LogP contribution in [-0.4, -0.2) is 24.4 Å². The highest BCUT2D eigenvalue weighted by molar-refractivity contribution is 5.88. The van der Waals surface area contributed by atoms with Gasteiger partial charge in [0.15, 0.2) is 5.92 Å². The standard InChI is InChI=1S/C31H22N6O4/c1-38-16-5-3-7-18-25(16)30(32)27-20(40-18)11-9-14-15-10-12-21-28-23(15)24(22(14)27)29-36(30)34-13-35-37(29)31(28,33)26-17(39-2)6-4-8-19(26)41-21/h3-13,24H,32-33H2,1-2H3/q+2. The van der Waals surface area contributed by atoms with Gasteiger partial charge in [-0.15, -0.1) is 0 Å². The molecule has 5 aromatic rings. The molecule has 0 fully saturated rings. The predicted molar refractivity (Wildman–Crippen MR) is 142 cm³/mol. The highest BCUT2D eigenvalue weighted by atomic mass is 16.5. The van der Waals surface area contributed by atoms with Crippen molar-refractivity contribution in [1.82, 2.24) is 10.2 Å². The van der Waals surface area contributed by atoms with Gasteiger partial charge in [0.25, 0.3) is 0 Å². The number of methoxy groups -OCH3 is 2. The van der Waals surface area contributed by atoms with Crippen LogP contribution in [0.15, 0.2) is 67.0 Å². The lowest BCUT2D eigenvalue weighted by Gasteiger charge is -2.40. The van der Waals surface area contributed by atoms with Gasteiger partial charge in [0.05, 0.1) is 25.3 Å². The predicted octanol–water partition coefficient (Wildman–Crippen LogP) is 2.48. The average Bonchev–Trinajstić information content (AvgIpc) is 3.34. The van der Waals surface area contributed by atoms with E-state index in [2.05, 4.69) is 12.1 Å². The van der Waals surface area contributed by atoms with Crippen molar-refractivity contribution in [2.75, 3.05) is 14.2 Å². The molecule has 0 bridgehead atoms. The maximum atomic E-state index is 7.64. The zero-order valence-corrected chi connectivity index (χ0v) is 22.0. The lowest BCUT2D eigenvalue weighted by molar-refractivity contribution is -0.933. The topological polar surface area (TPSA) is 122 Å². The fourth-order valence-corrected chi connectivity index (χ4v) is 7.94. The Labute approximate surface area is 233 Å². The van der Waals surface area contributed by atoms with E-state index in [1.165, 1.54) is 6.33 Å². The van der Waals surface area contributed by atoms with Gasteiger partial charge < -0.3 is 18.9 Å². The first-order valence-corrected chi connectivity index (χ1v) is 13.4. The van der Waals surface area contributed by atoms with Gasteiger partial charge >= 0.3 is 17.2 Å². The quantitative estimate of drug-likeness (QED) is 0.320. The number of ether oxygens (including phenoxy) is 4. The van der Waals surface area contributed by atoms with Gasteiger partial charge in [-0.25, -0.2) is 0 Å². The molecule has 4 aromatic carbocycles. The van der Waals surface area contributed by atoms with E-state index in [1.807, 2.05) is 57.9 Å². The van der Waals surface area contributed by atoms with E-state index in [0.717, 1.165) is 39.2 Å². The van der Waals surface area contributed by atoms with E-state index in [0.29, 0.717) is 45.6 Å². The number of nitrogens with two attached hydrogens (primary N) is 2. The summed E-state index contributed by atoms with van der Waals surface area (Å²) >= 11 is 0. The second kappa shape index (κ2) is 6.63. The van der Waals surface area contributed by atoms with Crippen LogP contribution in [0.5, 0.6) is 34.5 Å². The van der Waals surface area contributed by atoms with Crippen LogP contribution in [0.4, 0.5) is 0 Å². The number of nitrogens with zero attached hydrogens (tertiary/aromatic N) is 4. The molecule has 198 valence electrons. The minimum Gasteiger partial charge on any atom is -0.496 e. The SMILES string of the molecule is COc1cccc2c1C1(N)c3c(ccc4c3C3c5c-4ccc4c5C(N)(c5c(OC)cccc5O4)[n+]4ncn[n+]1c43)O2. The summed E-state index contributed by atoms with van der Waals surface area (Å²) in [5.74, 6) is 4.30. The molecule has 0 radical (unpaired) electrons. The maximum absolute atomic E-state index is 7.64. The fourth-order valence-electron chi connectivity index (χ4n) is 7.94. The number of aromatic nitrogens is 4. The van der Waals surface area contributed by atoms with Crippen LogP contribution in [0.25, 0.3) is 11.1 Å². The van der Waals surface area contributed by atoms with Crippen molar-refractivity contribution in [3.05, 3.63) is 106 Å². The zero-order valence-electron chi connectivity index (χ0n) is 22.0. The number of fused-ring (bicyclic) bond motifs is 7. The average molecular weight is 543 g/mol. The first-order valence-electron chi connectivity index (χ1n) is 13.4. The fraction of sp³-hybridized carbons (Fsp3) is 0.161. The summed E-state index contributed by atoms with van der Waals surface area (Å²) in [6, 6.07) is 19.6. The molecular weight excluding hydrogens is 520 g/mol. The van der Waals surface area contributed by atoms with Crippen LogP contribution in [0.3, 0.4) is 0 Å². The molecule has 4 N–H and O–H groups in total.